The Balaban J connectivity index is 1.41. The molecular weight excluding hydrogens is 350 g/mol. The average Bonchev–Trinajstić information content (AvgIpc) is 3.20. The van der Waals surface area contributed by atoms with Gasteiger partial charge < -0.3 is 10.1 Å². The van der Waals surface area contributed by atoms with Gasteiger partial charge >= 0.3 is 0 Å². The molecule has 0 saturated heterocycles. The molecule has 0 radical (unpaired) electrons. The normalized spacial score (nSPS) is 12.0. The zero-order valence-corrected chi connectivity index (χ0v) is 15.5. The number of nitrogens with zero attached hydrogens (tertiary/aromatic N) is 2. The van der Waals surface area contributed by atoms with Crippen molar-refractivity contribution in [1.82, 2.24) is 10.3 Å². The quantitative estimate of drug-likeness (QED) is 0.759. The fourth-order valence-corrected chi connectivity index (χ4v) is 3.26. The molecule has 1 amide bonds. The highest BCUT2D eigenvalue weighted by Crippen LogP contribution is 2.30. The smallest absolute Gasteiger partial charge is 0.270 e. The Morgan fingerprint density at radius 3 is 2.68 bits per heavy atom. The first kappa shape index (κ1) is 17.7. The molecule has 1 N–H and O–H groups in total. The molecule has 0 bridgehead atoms. The second-order valence-electron chi connectivity index (χ2n) is 6.74. The highest BCUT2D eigenvalue weighted by atomic mass is 16.5. The van der Waals surface area contributed by atoms with Crippen molar-refractivity contribution in [3.8, 4) is 22.9 Å². The van der Waals surface area contributed by atoms with Gasteiger partial charge in [-0.05, 0) is 53.4 Å². The molecule has 2 aromatic carbocycles. The van der Waals surface area contributed by atoms with Crippen LogP contribution in [0.3, 0.4) is 0 Å². The molecule has 0 fully saturated rings. The number of ether oxygens (including phenoxy) is 1. The van der Waals surface area contributed by atoms with Gasteiger partial charge in [0.1, 0.15) is 17.5 Å². The molecule has 4 rings (SSSR count). The maximum absolute atomic E-state index is 12.3. The van der Waals surface area contributed by atoms with Crippen LogP contribution < -0.4 is 10.1 Å². The molecule has 5 nitrogen and oxygen atoms in total. The Morgan fingerprint density at radius 1 is 1.14 bits per heavy atom. The van der Waals surface area contributed by atoms with E-state index in [-0.39, 0.29) is 5.91 Å². The minimum Gasteiger partial charge on any atom is -0.493 e. The van der Waals surface area contributed by atoms with E-state index >= 15 is 0 Å². The van der Waals surface area contributed by atoms with Crippen LogP contribution in [-0.2, 0) is 13.0 Å². The third-order valence-electron chi connectivity index (χ3n) is 4.87. The molecular formula is C23H19N3O2. The summed E-state index contributed by atoms with van der Waals surface area (Å²) < 4.78 is 5.56. The van der Waals surface area contributed by atoms with Crippen molar-refractivity contribution in [2.45, 2.75) is 19.9 Å². The minimum atomic E-state index is -0.254. The molecule has 2 heterocycles. The van der Waals surface area contributed by atoms with Crippen LogP contribution in [0.2, 0.25) is 0 Å². The third-order valence-corrected chi connectivity index (χ3v) is 4.87. The number of aromatic nitrogens is 1. The van der Waals surface area contributed by atoms with E-state index in [1.165, 1.54) is 5.56 Å². The van der Waals surface area contributed by atoms with Gasteiger partial charge in [-0.15, -0.1) is 0 Å². The van der Waals surface area contributed by atoms with Gasteiger partial charge in [-0.1, -0.05) is 30.3 Å². The lowest BCUT2D eigenvalue weighted by Gasteiger charge is -2.08. The number of fused-ring (bicyclic) bond motifs is 1. The maximum Gasteiger partial charge on any atom is 0.270 e. The Labute approximate surface area is 163 Å². The molecule has 1 aliphatic heterocycles. The van der Waals surface area contributed by atoms with Crippen LogP contribution in [0, 0.1) is 18.3 Å². The number of carbonyl (C=O) groups is 1. The number of hydrogen-bond acceptors (Lipinski definition) is 4. The number of benzene rings is 2. The molecule has 0 saturated carbocycles. The molecule has 0 atom stereocenters. The van der Waals surface area contributed by atoms with Crippen molar-refractivity contribution in [1.29, 1.82) is 5.26 Å². The molecule has 1 aliphatic rings. The van der Waals surface area contributed by atoms with Gasteiger partial charge in [-0.25, -0.2) is 4.98 Å². The van der Waals surface area contributed by atoms with Crippen molar-refractivity contribution in [3.63, 3.8) is 0 Å². The predicted molar refractivity (Wildman–Crippen MR) is 106 cm³/mol. The van der Waals surface area contributed by atoms with Gasteiger partial charge in [0.05, 0.1) is 17.9 Å². The second-order valence-corrected chi connectivity index (χ2v) is 6.74. The van der Waals surface area contributed by atoms with Crippen molar-refractivity contribution in [2.75, 3.05) is 6.61 Å². The zero-order valence-electron chi connectivity index (χ0n) is 15.5. The van der Waals surface area contributed by atoms with E-state index in [1.807, 2.05) is 18.2 Å². The SMILES string of the molecule is Cc1nc(C(=O)NCc2ccc(-c3ccc4c(c3)CCO4)cc2)ccc1C#N. The van der Waals surface area contributed by atoms with Gasteiger partial charge in [0.25, 0.3) is 5.91 Å². The van der Waals surface area contributed by atoms with Crippen LogP contribution >= 0.6 is 0 Å². The van der Waals surface area contributed by atoms with Crippen LogP contribution in [0.4, 0.5) is 0 Å². The summed E-state index contributed by atoms with van der Waals surface area (Å²) in [4.78, 5) is 16.5. The summed E-state index contributed by atoms with van der Waals surface area (Å²) in [6.07, 6.45) is 0.955. The monoisotopic (exact) mass is 369 g/mol. The molecule has 3 aromatic rings. The Morgan fingerprint density at radius 2 is 1.93 bits per heavy atom. The Hall–Kier alpha value is -3.65. The minimum absolute atomic E-state index is 0.254. The molecule has 138 valence electrons. The lowest BCUT2D eigenvalue weighted by Crippen LogP contribution is -2.24. The highest BCUT2D eigenvalue weighted by Gasteiger charge is 2.13. The fraction of sp³-hybridized carbons (Fsp3) is 0.174. The van der Waals surface area contributed by atoms with Gasteiger partial charge in [0.15, 0.2) is 0 Å². The second kappa shape index (κ2) is 7.53. The van der Waals surface area contributed by atoms with Crippen molar-refractivity contribution < 1.29 is 9.53 Å². The van der Waals surface area contributed by atoms with Gasteiger partial charge in [0, 0.05) is 13.0 Å². The van der Waals surface area contributed by atoms with E-state index in [0.717, 1.165) is 35.5 Å². The van der Waals surface area contributed by atoms with E-state index < -0.39 is 0 Å². The summed E-state index contributed by atoms with van der Waals surface area (Å²) in [5.41, 5.74) is 5.90. The lowest BCUT2D eigenvalue weighted by atomic mass is 10.0. The number of nitriles is 1. The molecule has 1 aromatic heterocycles. The number of carbonyl (C=O) groups excluding carboxylic acids is 1. The summed E-state index contributed by atoms with van der Waals surface area (Å²) in [6, 6.07) is 19.7. The van der Waals surface area contributed by atoms with Crippen molar-refractivity contribution >= 4 is 5.91 Å². The number of aryl methyl sites for hydroxylation is 1. The van der Waals surface area contributed by atoms with Crippen molar-refractivity contribution in [2.24, 2.45) is 0 Å². The third kappa shape index (κ3) is 3.58. The number of pyridine rings is 1. The Kier molecular flexibility index (Phi) is 4.77. The first-order chi connectivity index (χ1) is 13.6. The van der Waals surface area contributed by atoms with Crippen LogP contribution in [0.1, 0.15) is 32.9 Å². The standard InChI is InChI=1S/C23H19N3O2/c1-15-20(13-24)6-8-21(26-15)23(27)25-14-16-2-4-17(5-3-16)18-7-9-22-19(12-18)10-11-28-22/h2-9,12H,10-11,14H2,1H3,(H,25,27). The number of hydrogen-bond donors (Lipinski definition) is 1. The summed E-state index contributed by atoms with van der Waals surface area (Å²) in [7, 11) is 0. The van der Waals surface area contributed by atoms with Crippen LogP contribution in [0.15, 0.2) is 54.6 Å². The zero-order chi connectivity index (χ0) is 19.5. The number of rotatable bonds is 4. The summed E-state index contributed by atoms with van der Waals surface area (Å²) in [5, 5.41) is 11.8. The molecule has 0 spiro atoms. The molecule has 0 unspecified atom stereocenters. The van der Waals surface area contributed by atoms with E-state index in [4.69, 9.17) is 10.00 Å². The molecule has 0 aliphatic carbocycles. The van der Waals surface area contributed by atoms with E-state index in [1.54, 1.807) is 19.1 Å². The largest absolute Gasteiger partial charge is 0.493 e. The van der Waals surface area contributed by atoms with Crippen molar-refractivity contribution in [3.05, 3.63) is 82.7 Å². The summed E-state index contributed by atoms with van der Waals surface area (Å²) in [5.74, 6) is 0.727. The number of nitrogens with one attached hydrogen (secondary N) is 1. The van der Waals surface area contributed by atoms with Gasteiger partial charge in [-0.3, -0.25) is 4.79 Å². The first-order valence-electron chi connectivity index (χ1n) is 9.15. The van der Waals surface area contributed by atoms with Crippen LogP contribution in [0.5, 0.6) is 5.75 Å². The fourth-order valence-electron chi connectivity index (χ4n) is 3.26. The summed E-state index contributed by atoms with van der Waals surface area (Å²) >= 11 is 0. The lowest BCUT2D eigenvalue weighted by molar-refractivity contribution is 0.0945. The van der Waals surface area contributed by atoms with E-state index in [2.05, 4.69) is 40.6 Å². The first-order valence-corrected chi connectivity index (χ1v) is 9.15. The summed E-state index contributed by atoms with van der Waals surface area (Å²) in [6.45, 7) is 2.89. The molecule has 28 heavy (non-hydrogen) atoms. The van der Waals surface area contributed by atoms with Crippen LogP contribution in [-0.4, -0.2) is 17.5 Å². The van der Waals surface area contributed by atoms with E-state index in [9.17, 15) is 4.79 Å². The topological polar surface area (TPSA) is 75.0 Å². The highest BCUT2D eigenvalue weighted by molar-refractivity contribution is 5.92. The predicted octanol–water partition coefficient (Wildman–Crippen LogP) is 3.79. The molecule has 5 heteroatoms. The van der Waals surface area contributed by atoms with Gasteiger partial charge in [-0.2, -0.15) is 5.26 Å². The van der Waals surface area contributed by atoms with Crippen LogP contribution in [0.25, 0.3) is 11.1 Å². The Bertz CT molecular complexity index is 1080. The number of amides is 1. The maximum atomic E-state index is 12.3. The van der Waals surface area contributed by atoms with Gasteiger partial charge in [0.2, 0.25) is 0 Å². The van der Waals surface area contributed by atoms with E-state index in [0.29, 0.717) is 23.5 Å². The average molecular weight is 369 g/mol.